The molecule has 0 bridgehead atoms. The summed E-state index contributed by atoms with van der Waals surface area (Å²) in [6, 6.07) is 9.68. The van der Waals surface area contributed by atoms with Gasteiger partial charge >= 0.3 is 6.01 Å². The number of aromatic nitrogens is 2. The Balaban J connectivity index is 0.00000180. The van der Waals surface area contributed by atoms with E-state index in [1.54, 1.807) is 7.11 Å². The van der Waals surface area contributed by atoms with Crippen LogP contribution < -0.4 is 9.64 Å². The van der Waals surface area contributed by atoms with E-state index < -0.39 is 0 Å². The molecule has 3 fully saturated rings. The highest BCUT2D eigenvalue weighted by Gasteiger charge is 2.47. The Morgan fingerprint density at radius 2 is 1.85 bits per heavy atom. The molecule has 0 N–H and O–H groups in total. The number of ether oxygens (including phenoxy) is 1. The van der Waals surface area contributed by atoms with Crippen LogP contribution in [0.5, 0.6) is 5.75 Å². The van der Waals surface area contributed by atoms with E-state index in [-0.39, 0.29) is 12.4 Å². The monoisotopic (exact) mass is 390 g/mol. The maximum absolute atomic E-state index is 6.01. The van der Waals surface area contributed by atoms with Crippen LogP contribution in [-0.4, -0.2) is 48.9 Å². The Bertz CT molecular complexity index is 777. The van der Waals surface area contributed by atoms with Crippen LogP contribution in [0.3, 0.4) is 0 Å². The second-order valence-corrected chi connectivity index (χ2v) is 8.04. The number of hydrogen-bond donors (Lipinski definition) is 0. The maximum Gasteiger partial charge on any atom is 0.318 e. The molecular weight excluding hydrogens is 364 g/mol. The fourth-order valence-electron chi connectivity index (χ4n) is 4.89. The summed E-state index contributed by atoms with van der Waals surface area (Å²) >= 11 is 0. The van der Waals surface area contributed by atoms with Crippen molar-refractivity contribution in [2.75, 3.05) is 38.7 Å². The zero-order valence-electron chi connectivity index (χ0n) is 15.9. The van der Waals surface area contributed by atoms with Crippen molar-refractivity contribution in [2.45, 2.75) is 31.2 Å². The molecule has 3 atom stereocenters. The van der Waals surface area contributed by atoms with Gasteiger partial charge < -0.3 is 14.1 Å². The van der Waals surface area contributed by atoms with Gasteiger partial charge in [0.05, 0.1) is 7.11 Å². The van der Waals surface area contributed by atoms with Gasteiger partial charge in [0.15, 0.2) is 0 Å². The van der Waals surface area contributed by atoms with E-state index in [4.69, 9.17) is 9.15 Å². The van der Waals surface area contributed by atoms with Gasteiger partial charge in [-0.3, -0.25) is 4.90 Å². The molecule has 27 heavy (non-hydrogen) atoms. The minimum atomic E-state index is 0. The number of nitrogens with zero attached hydrogens (tertiary/aromatic N) is 4. The summed E-state index contributed by atoms with van der Waals surface area (Å²) in [6.45, 7) is 3.10. The van der Waals surface area contributed by atoms with Crippen molar-refractivity contribution in [2.24, 2.45) is 11.8 Å². The number of rotatable bonds is 4. The number of methoxy groups -OCH3 is 1. The van der Waals surface area contributed by atoms with E-state index in [0.29, 0.717) is 23.8 Å². The maximum atomic E-state index is 6.01. The molecule has 6 nitrogen and oxygen atoms in total. The van der Waals surface area contributed by atoms with Gasteiger partial charge in [-0.1, -0.05) is 23.7 Å². The molecule has 1 aliphatic carbocycles. The highest BCUT2D eigenvalue weighted by atomic mass is 35.5. The second kappa shape index (κ2) is 7.32. The number of halogens is 1. The molecule has 2 aliphatic heterocycles. The lowest BCUT2D eigenvalue weighted by molar-refractivity contribution is 0.278. The van der Waals surface area contributed by atoms with Gasteiger partial charge in [-0.25, -0.2) is 0 Å². The summed E-state index contributed by atoms with van der Waals surface area (Å²) in [4.78, 5) is 4.79. The van der Waals surface area contributed by atoms with Crippen molar-refractivity contribution in [3.63, 3.8) is 0 Å². The molecule has 3 aliphatic rings. The molecule has 5 rings (SSSR count). The molecule has 0 amide bonds. The third-order valence-corrected chi connectivity index (χ3v) is 6.51. The average molecular weight is 391 g/mol. The minimum absolute atomic E-state index is 0. The van der Waals surface area contributed by atoms with Crippen LogP contribution in [0.4, 0.5) is 6.01 Å². The molecular formula is C20H27ClN4O2. The van der Waals surface area contributed by atoms with Crippen LogP contribution >= 0.6 is 12.4 Å². The Labute approximate surface area is 166 Å². The van der Waals surface area contributed by atoms with Gasteiger partial charge in [-0.2, -0.15) is 0 Å². The molecule has 0 radical (unpaired) electrons. The minimum Gasteiger partial charge on any atom is -0.497 e. The third-order valence-electron chi connectivity index (χ3n) is 6.51. The van der Waals surface area contributed by atoms with E-state index in [0.717, 1.165) is 37.3 Å². The molecule has 1 aromatic heterocycles. The topological polar surface area (TPSA) is 54.6 Å². The first-order valence-corrected chi connectivity index (χ1v) is 9.65. The van der Waals surface area contributed by atoms with Gasteiger partial charge in [0.1, 0.15) is 5.75 Å². The number of fused-ring (bicyclic) bond motifs is 1. The summed E-state index contributed by atoms with van der Waals surface area (Å²) < 4.78 is 11.3. The predicted octanol–water partition coefficient (Wildman–Crippen LogP) is 3.51. The molecule has 1 aromatic carbocycles. The first kappa shape index (κ1) is 18.6. The molecule has 7 heteroatoms. The second-order valence-electron chi connectivity index (χ2n) is 8.04. The lowest BCUT2D eigenvalue weighted by Gasteiger charge is -2.26. The fraction of sp³-hybridized carbons (Fsp3) is 0.600. The van der Waals surface area contributed by atoms with Crippen LogP contribution in [0.1, 0.15) is 42.7 Å². The van der Waals surface area contributed by atoms with Crippen molar-refractivity contribution in [3.8, 4) is 5.75 Å². The van der Waals surface area contributed by atoms with Crippen LogP contribution in [0.25, 0.3) is 0 Å². The number of likely N-dealkylation sites (tertiary alicyclic amines) is 1. The van der Waals surface area contributed by atoms with Crippen LogP contribution in [-0.2, 0) is 0 Å². The van der Waals surface area contributed by atoms with E-state index in [2.05, 4.69) is 51.3 Å². The van der Waals surface area contributed by atoms with E-state index in [9.17, 15) is 0 Å². The predicted molar refractivity (Wildman–Crippen MR) is 106 cm³/mol. The SMILES string of the molecule is COc1ccc([C@@H]2[C@@H]3CN(c4nnc(C5CCC5)o4)C[C@@H]3CN2C)cc1.Cl. The molecule has 2 aromatic rings. The van der Waals surface area contributed by atoms with Gasteiger partial charge in [0.2, 0.25) is 5.89 Å². The van der Waals surface area contributed by atoms with Gasteiger partial charge in [-0.05, 0) is 43.5 Å². The first-order valence-electron chi connectivity index (χ1n) is 9.65. The largest absolute Gasteiger partial charge is 0.497 e. The molecule has 0 spiro atoms. The highest BCUT2D eigenvalue weighted by Crippen LogP contribution is 2.45. The number of hydrogen-bond acceptors (Lipinski definition) is 6. The van der Waals surface area contributed by atoms with Gasteiger partial charge in [0.25, 0.3) is 0 Å². The van der Waals surface area contributed by atoms with Crippen molar-refractivity contribution in [1.29, 1.82) is 0 Å². The summed E-state index contributed by atoms with van der Waals surface area (Å²) in [5, 5.41) is 8.65. The Morgan fingerprint density at radius 3 is 2.52 bits per heavy atom. The normalized spacial score (nSPS) is 27.9. The lowest BCUT2D eigenvalue weighted by atomic mass is 9.85. The number of anilines is 1. The fourth-order valence-corrected chi connectivity index (χ4v) is 4.89. The standard InChI is InChI=1S/C20H26N4O2.ClH/c1-23-10-15-11-24(20-22-21-19(26-20)14-4-3-5-14)12-17(15)18(23)13-6-8-16(25-2)9-7-13;/h6-9,14-15,17-18H,3-5,10-12H2,1-2H3;1H/t15-,17+,18+;/m0./s1. The van der Waals surface area contributed by atoms with Crippen molar-refractivity contribution < 1.29 is 9.15 Å². The zero-order chi connectivity index (χ0) is 17.7. The smallest absolute Gasteiger partial charge is 0.318 e. The lowest BCUT2D eigenvalue weighted by Crippen LogP contribution is -2.29. The molecule has 3 heterocycles. The van der Waals surface area contributed by atoms with Gasteiger partial charge in [-0.15, -0.1) is 17.5 Å². The number of benzene rings is 1. The van der Waals surface area contributed by atoms with E-state index >= 15 is 0 Å². The van der Waals surface area contributed by atoms with Crippen LogP contribution in [0.15, 0.2) is 28.7 Å². The Kier molecular flexibility index (Phi) is 5.03. The van der Waals surface area contributed by atoms with Crippen molar-refractivity contribution >= 4 is 18.4 Å². The summed E-state index contributed by atoms with van der Waals surface area (Å²) in [5.41, 5.74) is 1.36. The third kappa shape index (κ3) is 3.19. The van der Waals surface area contributed by atoms with Crippen molar-refractivity contribution in [1.82, 2.24) is 15.1 Å². The summed E-state index contributed by atoms with van der Waals surface area (Å²) in [7, 11) is 3.95. The highest BCUT2D eigenvalue weighted by molar-refractivity contribution is 5.85. The van der Waals surface area contributed by atoms with Gasteiger partial charge in [0, 0.05) is 37.5 Å². The molecule has 2 saturated heterocycles. The first-order chi connectivity index (χ1) is 12.7. The summed E-state index contributed by atoms with van der Waals surface area (Å²) in [6.07, 6.45) is 3.67. The Hall–Kier alpha value is -1.79. The van der Waals surface area contributed by atoms with Crippen molar-refractivity contribution in [3.05, 3.63) is 35.7 Å². The Morgan fingerprint density at radius 1 is 1.07 bits per heavy atom. The average Bonchev–Trinajstić information content (AvgIpc) is 3.28. The van der Waals surface area contributed by atoms with E-state index in [1.165, 1.54) is 24.8 Å². The summed E-state index contributed by atoms with van der Waals surface area (Å²) in [5.74, 6) is 3.48. The molecule has 0 unspecified atom stereocenters. The molecule has 146 valence electrons. The van der Waals surface area contributed by atoms with Crippen LogP contribution in [0.2, 0.25) is 0 Å². The van der Waals surface area contributed by atoms with Crippen LogP contribution in [0, 0.1) is 11.8 Å². The van der Waals surface area contributed by atoms with E-state index in [1.807, 2.05) is 0 Å². The zero-order valence-corrected chi connectivity index (χ0v) is 16.7. The quantitative estimate of drug-likeness (QED) is 0.796. The molecule has 1 saturated carbocycles.